The molecule has 0 spiro atoms. The highest BCUT2D eigenvalue weighted by atomic mass is 16.6. The highest BCUT2D eigenvalue weighted by molar-refractivity contribution is 5.16. The Labute approximate surface area is 134 Å². The maximum atomic E-state index is 11.0. The second-order valence-electron chi connectivity index (χ2n) is 5.70. The third-order valence-corrected chi connectivity index (χ3v) is 3.94. The molecule has 7 nitrogen and oxygen atoms in total. The highest BCUT2D eigenvalue weighted by Crippen LogP contribution is 2.15. The fourth-order valence-electron chi connectivity index (χ4n) is 2.88. The number of rotatable bonds is 5. The van der Waals surface area contributed by atoms with Crippen LogP contribution in [0.3, 0.4) is 0 Å². The largest absolute Gasteiger partial charge is 0.373 e. The minimum absolute atomic E-state index is 0.00690. The summed E-state index contributed by atoms with van der Waals surface area (Å²) in [7, 11) is 0. The SMILES string of the molecule is O=[N+]([O-])c1ccnn1C[C@H]1CN(Cc2ccccc2)CCCO1. The minimum Gasteiger partial charge on any atom is -0.373 e. The molecule has 122 valence electrons. The van der Waals surface area contributed by atoms with Gasteiger partial charge in [-0.1, -0.05) is 35.4 Å². The smallest absolute Gasteiger partial charge is 0.344 e. The van der Waals surface area contributed by atoms with Crippen LogP contribution in [0.15, 0.2) is 42.6 Å². The Balaban J connectivity index is 1.65. The van der Waals surface area contributed by atoms with E-state index in [1.807, 2.05) is 18.2 Å². The molecule has 1 fully saturated rings. The average Bonchev–Trinajstić information content (AvgIpc) is 2.89. The Morgan fingerprint density at radius 1 is 1.30 bits per heavy atom. The zero-order chi connectivity index (χ0) is 16.1. The van der Waals surface area contributed by atoms with Gasteiger partial charge in [0, 0.05) is 26.2 Å². The second-order valence-corrected chi connectivity index (χ2v) is 5.70. The number of hydrogen-bond donors (Lipinski definition) is 0. The zero-order valence-corrected chi connectivity index (χ0v) is 12.9. The summed E-state index contributed by atoms with van der Waals surface area (Å²) in [5.74, 6) is 0.00690. The Kier molecular flexibility index (Phi) is 4.99. The summed E-state index contributed by atoms with van der Waals surface area (Å²) in [6, 6.07) is 11.7. The van der Waals surface area contributed by atoms with E-state index >= 15 is 0 Å². The van der Waals surface area contributed by atoms with E-state index in [0.717, 1.165) is 26.1 Å². The van der Waals surface area contributed by atoms with Crippen LogP contribution in [-0.2, 0) is 17.8 Å². The normalized spacial score (nSPS) is 19.4. The van der Waals surface area contributed by atoms with Crippen molar-refractivity contribution in [2.75, 3.05) is 19.7 Å². The van der Waals surface area contributed by atoms with Gasteiger partial charge in [-0.15, -0.1) is 4.68 Å². The molecule has 1 aliphatic rings. The van der Waals surface area contributed by atoms with Crippen molar-refractivity contribution in [2.24, 2.45) is 0 Å². The number of nitrogens with zero attached hydrogens (tertiary/aromatic N) is 4. The predicted molar refractivity (Wildman–Crippen MR) is 85.0 cm³/mol. The van der Waals surface area contributed by atoms with Gasteiger partial charge in [0.15, 0.2) is 0 Å². The molecule has 1 atom stereocenters. The lowest BCUT2D eigenvalue weighted by molar-refractivity contribution is -0.393. The number of aromatic nitrogens is 2. The summed E-state index contributed by atoms with van der Waals surface area (Å²) in [5, 5.41) is 15.0. The summed E-state index contributed by atoms with van der Waals surface area (Å²) in [6.45, 7) is 3.64. The third-order valence-electron chi connectivity index (χ3n) is 3.94. The molecule has 2 aromatic rings. The van der Waals surface area contributed by atoms with Crippen LogP contribution in [0.1, 0.15) is 12.0 Å². The van der Waals surface area contributed by atoms with E-state index in [-0.39, 0.29) is 11.9 Å². The molecule has 1 aliphatic heterocycles. The van der Waals surface area contributed by atoms with E-state index in [4.69, 9.17) is 4.74 Å². The van der Waals surface area contributed by atoms with Gasteiger partial charge in [0.1, 0.15) is 12.6 Å². The fraction of sp³-hybridized carbons (Fsp3) is 0.438. The third kappa shape index (κ3) is 4.14. The Morgan fingerprint density at radius 3 is 2.91 bits per heavy atom. The second kappa shape index (κ2) is 7.34. The number of nitro groups is 1. The van der Waals surface area contributed by atoms with Crippen LogP contribution in [-0.4, -0.2) is 45.4 Å². The van der Waals surface area contributed by atoms with Crippen molar-refractivity contribution in [3.63, 3.8) is 0 Å². The predicted octanol–water partition coefficient (Wildman–Crippen LogP) is 2.08. The van der Waals surface area contributed by atoms with Crippen molar-refractivity contribution in [1.82, 2.24) is 14.7 Å². The van der Waals surface area contributed by atoms with E-state index in [1.165, 1.54) is 22.5 Å². The molecule has 0 saturated carbocycles. The first-order chi connectivity index (χ1) is 11.2. The molecule has 0 radical (unpaired) electrons. The van der Waals surface area contributed by atoms with Crippen molar-refractivity contribution in [2.45, 2.75) is 25.6 Å². The van der Waals surface area contributed by atoms with E-state index in [9.17, 15) is 10.1 Å². The lowest BCUT2D eigenvalue weighted by Gasteiger charge is -2.22. The molecule has 1 aromatic carbocycles. The van der Waals surface area contributed by atoms with E-state index < -0.39 is 4.92 Å². The van der Waals surface area contributed by atoms with E-state index in [0.29, 0.717) is 13.2 Å². The van der Waals surface area contributed by atoms with Crippen LogP contribution in [0.4, 0.5) is 5.82 Å². The molecule has 0 N–H and O–H groups in total. The Bertz CT molecular complexity index is 644. The molecule has 0 unspecified atom stereocenters. The number of hydrogen-bond acceptors (Lipinski definition) is 5. The Hall–Kier alpha value is -2.25. The van der Waals surface area contributed by atoms with Gasteiger partial charge in [0.05, 0.1) is 12.3 Å². The van der Waals surface area contributed by atoms with Crippen molar-refractivity contribution in [3.05, 3.63) is 58.3 Å². The van der Waals surface area contributed by atoms with Gasteiger partial charge in [-0.25, -0.2) is 0 Å². The van der Waals surface area contributed by atoms with E-state index in [1.54, 1.807) is 0 Å². The molecular formula is C16H20N4O3. The van der Waals surface area contributed by atoms with Gasteiger partial charge < -0.3 is 14.9 Å². The van der Waals surface area contributed by atoms with Crippen molar-refractivity contribution in [3.8, 4) is 0 Å². The molecular weight excluding hydrogens is 296 g/mol. The molecule has 3 rings (SSSR count). The molecule has 0 bridgehead atoms. The minimum atomic E-state index is -0.411. The van der Waals surface area contributed by atoms with Crippen LogP contribution in [0, 0.1) is 10.1 Å². The first kappa shape index (κ1) is 15.6. The average molecular weight is 316 g/mol. The lowest BCUT2D eigenvalue weighted by atomic mass is 10.2. The van der Waals surface area contributed by atoms with E-state index in [2.05, 4.69) is 22.1 Å². The summed E-state index contributed by atoms with van der Waals surface area (Å²) < 4.78 is 7.27. The summed E-state index contributed by atoms with van der Waals surface area (Å²) in [6.07, 6.45) is 2.32. The summed E-state index contributed by atoms with van der Waals surface area (Å²) in [4.78, 5) is 12.9. The summed E-state index contributed by atoms with van der Waals surface area (Å²) in [5.41, 5.74) is 1.26. The van der Waals surface area contributed by atoms with Gasteiger partial charge >= 0.3 is 5.82 Å². The van der Waals surface area contributed by atoms with Crippen molar-refractivity contribution >= 4 is 5.82 Å². The summed E-state index contributed by atoms with van der Waals surface area (Å²) >= 11 is 0. The maximum absolute atomic E-state index is 11.0. The van der Waals surface area contributed by atoms with Gasteiger partial charge in [-0.3, -0.25) is 4.90 Å². The highest BCUT2D eigenvalue weighted by Gasteiger charge is 2.24. The monoisotopic (exact) mass is 316 g/mol. The van der Waals surface area contributed by atoms with Crippen LogP contribution in [0.5, 0.6) is 0 Å². The van der Waals surface area contributed by atoms with Gasteiger partial charge in [-0.2, -0.15) is 0 Å². The van der Waals surface area contributed by atoms with Crippen LogP contribution in [0.2, 0.25) is 0 Å². The fourth-order valence-corrected chi connectivity index (χ4v) is 2.88. The molecule has 0 aliphatic carbocycles. The maximum Gasteiger partial charge on any atom is 0.344 e. The molecule has 2 heterocycles. The van der Waals surface area contributed by atoms with Crippen LogP contribution in [0.25, 0.3) is 0 Å². The number of benzene rings is 1. The van der Waals surface area contributed by atoms with Gasteiger partial charge in [0.25, 0.3) is 0 Å². The standard InChI is InChI=1S/C16H20N4O3/c21-20(22)16-7-8-17-19(16)13-15-12-18(9-4-10-23-15)11-14-5-2-1-3-6-14/h1-3,5-8,15H,4,9-13H2/t15-/m1/s1. The first-order valence-corrected chi connectivity index (χ1v) is 7.76. The molecule has 7 heteroatoms. The van der Waals surface area contributed by atoms with Gasteiger partial charge in [0.2, 0.25) is 0 Å². The molecule has 1 aromatic heterocycles. The lowest BCUT2D eigenvalue weighted by Crippen LogP contribution is -2.34. The quantitative estimate of drug-likeness (QED) is 0.624. The molecule has 0 amide bonds. The Morgan fingerprint density at radius 2 is 2.13 bits per heavy atom. The van der Waals surface area contributed by atoms with Crippen LogP contribution >= 0.6 is 0 Å². The van der Waals surface area contributed by atoms with Crippen molar-refractivity contribution < 1.29 is 9.66 Å². The first-order valence-electron chi connectivity index (χ1n) is 7.76. The van der Waals surface area contributed by atoms with Gasteiger partial charge in [-0.05, 0) is 16.9 Å². The zero-order valence-electron chi connectivity index (χ0n) is 12.9. The molecule has 1 saturated heterocycles. The van der Waals surface area contributed by atoms with Crippen molar-refractivity contribution in [1.29, 1.82) is 0 Å². The number of ether oxygens (including phenoxy) is 1. The molecule has 23 heavy (non-hydrogen) atoms. The topological polar surface area (TPSA) is 73.4 Å². The van der Waals surface area contributed by atoms with Crippen LogP contribution < -0.4 is 0 Å².